The molecule has 0 saturated carbocycles. The van der Waals surface area contributed by atoms with Gasteiger partial charge in [-0.25, -0.2) is 0 Å². The van der Waals surface area contributed by atoms with Gasteiger partial charge in [-0.3, -0.25) is 0 Å². The lowest BCUT2D eigenvalue weighted by molar-refractivity contribution is 0.340. The molecule has 1 aliphatic heterocycles. The maximum absolute atomic E-state index is 5.21. The zero-order valence-corrected chi connectivity index (χ0v) is 14.5. The first kappa shape index (κ1) is 20.0. The van der Waals surface area contributed by atoms with Gasteiger partial charge in [0.2, 0.25) is 0 Å². The minimum atomic E-state index is 0.740. The molecule has 0 aliphatic carbocycles. The van der Waals surface area contributed by atoms with Gasteiger partial charge in [-0.2, -0.15) is 0 Å². The number of unbranched alkanes of at least 4 members (excludes halogenated alkanes) is 1. The van der Waals surface area contributed by atoms with Crippen LogP contribution in [0.1, 0.15) is 59.8 Å². The fourth-order valence-electron chi connectivity index (χ4n) is 2.35. The van der Waals surface area contributed by atoms with E-state index in [0.717, 1.165) is 18.3 Å². The Morgan fingerprint density at radius 1 is 1.14 bits per heavy atom. The highest BCUT2D eigenvalue weighted by Gasteiger charge is 2.10. The zero-order chi connectivity index (χ0) is 15.8. The van der Waals surface area contributed by atoms with E-state index < -0.39 is 0 Å². The van der Waals surface area contributed by atoms with Gasteiger partial charge in [0.25, 0.3) is 0 Å². The molecule has 1 unspecified atom stereocenters. The Kier molecular flexibility index (Phi) is 14.6. The van der Waals surface area contributed by atoms with Crippen molar-refractivity contribution in [2.45, 2.75) is 59.8 Å². The summed E-state index contributed by atoms with van der Waals surface area (Å²) >= 11 is 0. The number of piperidine rings is 1. The third kappa shape index (κ3) is 11.3. The molecule has 0 aromatic heterocycles. The molecule has 1 aromatic rings. The van der Waals surface area contributed by atoms with Gasteiger partial charge in [0.15, 0.2) is 0 Å². The van der Waals surface area contributed by atoms with Crippen molar-refractivity contribution in [3.63, 3.8) is 0 Å². The number of ether oxygens (including phenoxy) is 1. The largest absolute Gasteiger partial charge is 0.494 e. The molecule has 122 valence electrons. The fraction of sp³-hybridized carbons (Fsp3) is 0.684. The van der Waals surface area contributed by atoms with E-state index in [2.05, 4.69) is 12.2 Å². The van der Waals surface area contributed by atoms with E-state index >= 15 is 0 Å². The summed E-state index contributed by atoms with van der Waals surface area (Å²) in [6, 6.07) is 9.80. The van der Waals surface area contributed by atoms with Crippen LogP contribution in [0.15, 0.2) is 30.3 Å². The molecule has 1 fully saturated rings. The van der Waals surface area contributed by atoms with Crippen molar-refractivity contribution in [1.82, 2.24) is 5.32 Å². The van der Waals surface area contributed by atoms with E-state index in [0.29, 0.717) is 0 Å². The molecule has 0 bridgehead atoms. The van der Waals surface area contributed by atoms with Crippen LogP contribution in [-0.4, -0.2) is 19.7 Å². The summed E-state index contributed by atoms with van der Waals surface area (Å²) in [6.07, 6.45) is 7.09. The summed E-state index contributed by atoms with van der Waals surface area (Å²) in [4.78, 5) is 0. The molecule has 0 amide bonds. The van der Waals surface area contributed by atoms with Crippen LogP contribution in [0.25, 0.3) is 0 Å². The molecule has 2 nitrogen and oxygen atoms in total. The third-order valence-corrected chi connectivity index (χ3v) is 3.42. The lowest BCUT2D eigenvalue weighted by Gasteiger charge is -2.22. The maximum atomic E-state index is 5.21. The summed E-state index contributed by atoms with van der Waals surface area (Å²) in [7, 11) is 0. The van der Waals surface area contributed by atoms with Gasteiger partial charge in [-0.1, -0.05) is 51.8 Å². The highest BCUT2D eigenvalue weighted by Crippen LogP contribution is 2.16. The van der Waals surface area contributed by atoms with Crippen LogP contribution in [0.4, 0.5) is 0 Å². The third-order valence-electron chi connectivity index (χ3n) is 3.42. The molecule has 0 radical (unpaired) electrons. The number of para-hydroxylation sites is 1. The van der Waals surface area contributed by atoms with Crippen LogP contribution in [0, 0.1) is 5.92 Å². The van der Waals surface area contributed by atoms with Crippen molar-refractivity contribution in [3.05, 3.63) is 30.3 Å². The van der Waals surface area contributed by atoms with Gasteiger partial charge in [0.05, 0.1) is 6.61 Å². The van der Waals surface area contributed by atoms with Gasteiger partial charge < -0.3 is 10.1 Å². The second-order valence-corrected chi connectivity index (χ2v) is 5.10. The fourth-order valence-corrected chi connectivity index (χ4v) is 2.35. The first-order chi connectivity index (χ1) is 10.4. The lowest BCUT2D eigenvalue weighted by Crippen LogP contribution is -2.29. The van der Waals surface area contributed by atoms with E-state index in [9.17, 15) is 0 Å². The Morgan fingerprint density at radius 2 is 1.86 bits per heavy atom. The van der Waals surface area contributed by atoms with Crippen LogP contribution in [0.3, 0.4) is 0 Å². The maximum Gasteiger partial charge on any atom is 0.119 e. The summed E-state index contributed by atoms with van der Waals surface area (Å²) in [5.74, 6) is 1.94. The Bertz CT molecular complexity index is 294. The van der Waals surface area contributed by atoms with E-state index in [-0.39, 0.29) is 0 Å². The molecule has 21 heavy (non-hydrogen) atoms. The van der Waals surface area contributed by atoms with Crippen molar-refractivity contribution in [2.75, 3.05) is 19.7 Å². The average molecular weight is 293 g/mol. The normalized spacial score (nSPS) is 16.9. The first-order valence-electron chi connectivity index (χ1n) is 8.75. The molecule has 1 atom stereocenters. The van der Waals surface area contributed by atoms with Crippen molar-refractivity contribution in [3.8, 4) is 5.75 Å². The van der Waals surface area contributed by atoms with Crippen molar-refractivity contribution in [1.29, 1.82) is 0 Å². The minimum absolute atomic E-state index is 0.740. The molecule has 1 saturated heterocycles. The number of hydrogen-bond donors (Lipinski definition) is 1. The number of rotatable bonds is 5. The van der Waals surface area contributed by atoms with Gasteiger partial charge in [0, 0.05) is 0 Å². The molecule has 1 heterocycles. The van der Waals surface area contributed by atoms with Crippen LogP contribution in [0.2, 0.25) is 0 Å². The molecular formula is C19H35NO. The highest BCUT2D eigenvalue weighted by molar-refractivity contribution is 5.20. The van der Waals surface area contributed by atoms with Crippen LogP contribution < -0.4 is 10.1 Å². The molecule has 2 rings (SSSR count). The number of hydrogen-bond acceptors (Lipinski definition) is 2. The average Bonchev–Trinajstić information content (AvgIpc) is 2.58. The summed E-state index contributed by atoms with van der Waals surface area (Å²) < 4.78 is 5.21. The van der Waals surface area contributed by atoms with Crippen molar-refractivity contribution < 1.29 is 4.74 Å². The summed E-state index contributed by atoms with van der Waals surface area (Å²) in [5.41, 5.74) is 0. The first-order valence-corrected chi connectivity index (χ1v) is 8.75. The molecule has 2 heteroatoms. The molecular weight excluding hydrogens is 258 g/mol. The Hall–Kier alpha value is -1.02. The summed E-state index contributed by atoms with van der Waals surface area (Å²) in [5, 5.41) is 3.44. The number of benzene rings is 1. The molecule has 0 spiro atoms. The minimum Gasteiger partial charge on any atom is -0.494 e. The van der Waals surface area contributed by atoms with Crippen molar-refractivity contribution in [2.24, 2.45) is 5.92 Å². The second kappa shape index (κ2) is 15.4. The van der Waals surface area contributed by atoms with E-state index in [1.54, 1.807) is 0 Å². The Labute approximate surface area is 132 Å². The topological polar surface area (TPSA) is 21.3 Å². The zero-order valence-electron chi connectivity index (χ0n) is 14.5. The van der Waals surface area contributed by atoms with Gasteiger partial charge in [-0.05, 0) is 57.3 Å². The molecule has 1 aliphatic rings. The molecule has 1 aromatic carbocycles. The standard InChI is InChI=1S/C9H19N.C8H10O.C2H6/c1-2-3-5-9-6-4-7-10-8-9;1-2-9-8-6-4-3-5-7-8;1-2/h9-10H,2-8H2,1H3;3-7H,2H2,1H3;1-2H3. The second-order valence-electron chi connectivity index (χ2n) is 5.10. The van der Waals surface area contributed by atoms with Crippen LogP contribution in [-0.2, 0) is 0 Å². The van der Waals surface area contributed by atoms with Crippen LogP contribution in [0.5, 0.6) is 5.75 Å². The summed E-state index contributed by atoms with van der Waals surface area (Å²) in [6.45, 7) is 11.5. The van der Waals surface area contributed by atoms with E-state index in [1.165, 1.54) is 45.2 Å². The smallest absolute Gasteiger partial charge is 0.119 e. The lowest BCUT2D eigenvalue weighted by atomic mass is 9.94. The Morgan fingerprint density at radius 3 is 2.38 bits per heavy atom. The predicted octanol–water partition coefficient (Wildman–Crippen LogP) is 5.29. The van der Waals surface area contributed by atoms with Gasteiger partial charge >= 0.3 is 0 Å². The van der Waals surface area contributed by atoms with Gasteiger partial charge in [0.1, 0.15) is 5.75 Å². The SMILES string of the molecule is CC.CCCCC1CCCNC1.CCOc1ccccc1. The van der Waals surface area contributed by atoms with E-state index in [4.69, 9.17) is 4.74 Å². The van der Waals surface area contributed by atoms with Crippen molar-refractivity contribution >= 4 is 0 Å². The monoisotopic (exact) mass is 293 g/mol. The quantitative estimate of drug-likeness (QED) is 0.796. The van der Waals surface area contributed by atoms with E-state index in [1.807, 2.05) is 51.1 Å². The highest BCUT2D eigenvalue weighted by atomic mass is 16.5. The Balaban J connectivity index is 0.000000342. The molecule has 1 N–H and O–H groups in total. The van der Waals surface area contributed by atoms with Gasteiger partial charge in [-0.15, -0.1) is 0 Å². The van der Waals surface area contributed by atoms with Crippen LogP contribution >= 0.6 is 0 Å². The number of nitrogens with one attached hydrogen (secondary N) is 1. The predicted molar refractivity (Wildman–Crippen MR) is 94.1 cm³/mol.